The smallest absolute Gasteiger partial charge is 0.337 e. The van der Waals surface area contributed by atoms with Crippen molar-refractivity contribution in [1.82, 2.24) is 0 Å². The number of hydrogen-bond acceptors (Lipinski definition) is 3. The molecular weight excluding hydrogens is 367 g/mol. The van der Waals surface area contributed by atoms with Crippen LogP contribution in [0.15, 0.2) is 34.8 Å². The molecule has 4 N–H and O–H groups in total. The van der Waals surface area contributed by atoms with E-state index < -0.39 is 5.97 Å². The minimum atomic E-state index is -1.09. The number of carboxylic acid groups (broad SMARTS) is 1. The summed E-state index contributed by atoms with van der Waals surface area (Å²) >= 11 is 15.4. The molecule has 0 aromatic heterocycles. The predicted molar refractivity (Wildman–Crippen MR) is 85.3 cm³/mol. The van der Waals surface area contributed by atoms with Gasteiger partial charge in [0.25, 0.3) is 0 Å². The van der Waals surface area contributed by atoms with Crippen molar-refractivity contribution in [3.05, 3.63) is 50.4 Å². The number of aromatic carboxylic acids is 1. The van der Waals surface area contributed by atoms with Gasteiger partial charge in [0.15, 0.2) is 0 Å². The molecule has 0 saturated heterocycles. The summed E-state index contributed by atoms with van der Waals surface area (Å²) in [6.07, 6.45) is 0. The van der Waals surface area contributed by atoms with Crippen LogP contribution in [0, 0.1) is 0 Å². The molecule has 0 aliphatic rings. The summed E-state index contributed by atoms with van der Waals surface area (Å²) in [5.74, 6) is -1.09. The molecule has 0 unspecified atom stereocenters. The maximum atomic E-state index is 11.0. The van der Waals surface area contributed by atoms with Crippen LogP contribution in [0.1, 0.15) is 10.4 Å². The molecule has 104 valence electrons. The van der Waals surface area contributed by atoms with E-state index in [1.54, 1.807) is 18.2 Å². The number of hydrogen-bond donors (Lipinski definition) is 3. The third-order valence-corrected chi connectivity index (χ3v) is 4.37. The fourth-order valence-corrected chi connectivity index (χ4v) is 2.42. The van der Waals surface area contributed by atoms with Crippen LogP contribution in [0.5, 0.6) is 0 Å². The van der Waals surface area contributed by atoms with E-state index in [0.29, 0.717) is 25.9 Å². The summed E-state index contributed by atoms with van der Waals surface area (Å²) in [5.41, 5.74) is 6.94. The molecular formula is C13H9BrCl2N2O2. The van der Waals surface area contributed by atoms with E-state index in [1.807, 2.05) is 0 Å². The van der Waals surface area contributed by atoms with Crippen molar-refractivity contribution in [1.29, 1.82) is 0 Å². The van der Waals surface area contributed by atoms with E-state index in [0.717, 1.165) is 0 Å². The van der Waals surface area contributed by atoms with E-state index in [2.05, 4.69) is 21.2 Å². The zero-order valence-corrected chi connectivity index (χ0v) is 13.1. The molecule has 0 saturated carbocycles. The molecule has 0 atom stereocenters. The molecule has 0 aliphatic carbocycles. The van der Waals surface area contributed by atoms with Crippen molar-refractivity contribution < 1.29 is 9.90 Å². The number of rotatable bonds is 3. The maximum Gasteiger partial charge on any atom is 0.337 e. The molecule has 20 heavy (non-hydrogen) atoms. The Kier molecular flexibility index (Phi) is 4.42. The molecule has 2 aromatic carbocycles. The van der Waals surface area contributed by atoms with Crippen LogP contribution < -0.4 is 11.1 Å². The monoisotopic (exact) mass is 374 g/mol. The average Bonchev–Trinajstić information content (AvgIpc) is 2.41. The summed E-state index contributed by atoms with van der Waals surface area (Å²) < 4.78 is 0.679. The van der Waals surface area contributed by atoms with Gasteiger partial charge in [0.2, 0.25) is 0 Å². The van der Waals surface area contributed by atoms with E-state index in [9.17, 15) is 4.79 Å². The second-order valence-corrected chi connectivity index (χ2v) is 5.57. The molecule has 4 nitrogen and oxygen atoms in total. The van der Waals surface area contributed by atoms with Crippen molar-refractivity contribution in [2.45, 2.75) is 0 Å². The number of nitrogens with one attached hydrogen (secondary N) is 1. The molecule has 0 fully saturated rings. The lowest BCUT2D eigenvalue weighted by Crippen LogP contribution is -2.03. The zero-order valence-electron chi connectivity index (χ0n) is 9.95. The number of benzene rings is 2. The molecule has 0 heterocycles. The summed E-state index contributed by atoms with van der Waals surface area (Å²) in [4.78, 5) is 11.0. The van der Waals surface area contributed by atoms with Gasteiger partial charge in [0, 0.05) is 15.8 Å². The van der Waals surface area contributed by atoms with E-state index >= 15 is 0 Å². The number of carboxylic acids is 1. The van der Waals surface area contributed by atoms with Crippen LogP contribution in [0.4, 0.5) is 17.1 Å². The van der Waals surface area contributed by atoms with Crippen LogP contribution in [-0.4, -0.2) is 11.1 Å². The Morgan fingerprint density at radius 3 is 2.55 bits per heavy atom. The standard InChI is InChI=1S/C13H9BrCl2N2O2/c14-8-2-4-10(12(16)11(8)15)18-6-1-3-9(17)7(5-6)13(19)20/h1-5,18H,17H2,(H,19,20). The summed E-state index contributed by atoms with van der Waals surface area (Å²) in [6.45, 7) is 0. The highest BCUT2D eigenvalue weighted by Gasteiger charge is 2.11. The molecule has 0 amide bonds. The fourth-order valence-electron chi connectivity index (χ4n) is 1.60. The Morgan fingerprint density at radius 1 is 1.20 bits per heavy atom. The van der Waals surface area contributed by atoms with Crippen molar-refractivity contribution in [2.24, 2.45) is 0 Å². The van der Waals surface area contributed by atoms with E-state index in [4.69, 9.17) is 34.0 Å². The first-order valence-corrected chi connectivity index (χ1v) is 6.98. The van der Waals surface area contributed by atoms with Crippen molar-refractivity contribution in [2.75, 3.05) is 11.1 Å². The first-order chi connectivity index (χ1) is 9.40. The largest absolute Gasteiger partial charge is 0.478 e. The van der Waals surface area contributed by atoms with Crippen LogP contribution in [-0.2, 0) is 0 Å². The van der Waals surface area contributed by atoms with Crippen LogP contribution in [0.3, 0.4) is 0 Å². The van der Waals surface area contributed by atoms with Crippen LogP contribution >= 0.6 is 39.1 Å². The van der Waals surface area contributed by atoms with Gasteiger partial charge >= 0.3 is 5.97 Å². The normalized spacial score (nSPS) is 10.3. The minimum Gasteiger partial charge on any atom is -0.478 e. The minimum absolute atomic E-state index is 0.0225. The summed E-state index contributed by atoms with van der Waals surface area (Å²) in [7, 11) is 0. The maximum absolute atomic E-state index is 11.0. The highest BCUT2D eigenvalue weighted by molar-refractivity contribution is 9.10. The van der Waals surface area contributed by atoms with Gasteiger partial charge in [-0.05, 0) is 46.3 Å². The average molecular weight is 376 g/mol. The van der Waals surface area contributed by atoms with Gasteiger partial charge in [0.1, 0.15) is 0 Å². The van der Waals surface area contributed by atoms with Gasteiger partial charge in [-0.15, -0.1) is 0 Å². The highest BCUT2D eigenvalue weighted by atomic mass is 79.9. The Balaban J connectivity index is 2.38. The quantitative estimate of drug-likeness (QED) is 0.533. The third-order valence-electron chi connectivity index (χ3n) is 2.60. The molecule has 2 aromatic rings. The Morgan fingerprint density at radius 2 is 1.90 bits per heavy atom. The highest BCUT2D eigenvalue weighted by Crippen LogP contribution is 2.37. The van der Waals surface area contributed by atoms with Crippen molar-refractivity contribution in [3.63, 3.8) is 0 Å². The lowest BCUT2D eigenvalue weighted by atomic mass is 10.1. The summed E-state index contributed by atoms with van der Waals surface area (Å²) in [5, 5.41) is 12.8. The van der Waals surface area contributed by atoms with Crippen LogP contribution in [0.2, 0.25) is 10.0 Å². The molecule has 2 rings (SSSR count). The Bertz CT molecular complexity index is 692. The van der Waals surface area contributed by atoms with Gasteiger partial charge in [-0.3, -0.25) is 0 Å². The Hall–Kier alpha value is -1.43. The number of nitrogens with two attached hydrogens (primary N) is 1. The third kappa shape index (κ3) is 3.00. The van der Waals surface area contributed by atoms with E-state index in [1.165, 1.54) is 12.1 Å². The molecule has 0 spiro atoms. The van der Waals surface area contributed by atoms with Crippen molar-refractivity contribution >= 4 is 62.2 Å². The fraction of sp³-hybridized carbons (Fsp3) is 0. The second kappa shape index (κ2) is 5.91. The molecule has 0 radical (unpaired) electrons. The van der Waals surface area contributed by atoms with Crippen molar-refractivity contribution in [3.8, 4) is 0 Å². The molecule has 7 heteroatoms. The summed E-state index contributed by atoms with van der Waals surface area (Å²) in [6, 6.07) is 8.08. The molecule has 0 aliphatic heterocycles. The first kappa shape index (κ1) is 15.0. The van der Waals surface area contributed by atoms with Gasteiger partial charge in [-0.25, -0.2) is 4.79 Å². The zero-order chi connectivity index (χ0) is 14.9. The predicted octanol–water partition coefficient (Wildman–Crippen LogP) is 4.78. The SMILES string of the molecule is Nc1ccc(Nc2ccc(Br)c(Cl)c2Cl)cc1C(=O)O. The topological polar surface area (TPSA) is 75.3 Å². The number of nitrogen functional groups attached to an aromatic ring is 1. The van der Waals surface area contributed by atoms with Gasteiger partial charge < -0.3 is 16.2 Å². The first-order valence-electron chi connectivity index (χ1n) is 5.43. The van der Waals surface area contributed by atoms with E-state index in [-0.39, 0.29) is 11.3 Å². The van der Waals surface area contributed by atoms with Gasteiger partial charge in [0.05, 0.1) is 21.3 Å². The lowest BCUT2D eigenvalue weighted by molar-refractivity contribution is 0.0698. The lowest BCUT2D eigenvalue weighted by Gasteiger charge is -2.11. The van der Waals surface area contributed by atoms with Crippen LogP contribution in [0.25, 0.3) is 0 Å². The van der Waals surface area contributed by atoms with Gasteiger partial charge in [-0.1, -0.05) is 23.2 Å². The second-order valence-electron chi connectivity index (χ2n) is 3.96. The van der Waals surface area contributed by atoms with Gasteiger partial charge in [-0.2, -0.15) is 0 Å². The number of carbonyl (C=O) groups is 1. The molecule has 0 bridgehead atoms. The number of anilines is 3. The Labute approximate surface area is 133 Å². The number of halogens is 3.